The van der Waals surface area contributed by atoms with Crippen molar-refractivity contribution < 1.29 is 4.74 Å². The third kappa shape index (κ3) is 3.46. The molecule has 1 saturated carbocycles. The van der Waals surface area contributed by atoms with Gasteiger partial charge in [0, 0.05) is 11.1 Å². The standard InChI is InChI=1S/C21H23N7O/c1-14(19-22-13-23-25-19)29-21-17(15-8-4-2-5-9-15)12-18-24-26-20(28(18)27-21)16-10-6-3-7-11-16/h3,6-7,10-15H,2,4-5,8-9H2,1H3,(H,22,23,25). The molecule has 8 heteroatoms. The maximum atomic E-state index is 6.29. The third-order valence-electron chi connectivity index (χ3n) is 5.57. The average molecular weight is 389 g/mol. The number of rotatable bonds is 5. The van der Waals surface area contributed by atoms with E-state index in [1.54, 1.807) is 4.52 Å². The monoisotopic (exact) mass is 389 g/mol. The van der Waals surface area contributed by atoms with Crippen molar-refractivity contribution in [1.82, 2.24) is 35.0 Å². The molecule has 148 valence electrons. The fourth-order valence-corrected chi connectivity index (χ4v) is 4.03. The van der Waals surface area contributed by atoms with E-state index in [-0.39, 0.29) is 6.10 Å². The lowest BCUT2D eigenvalue weighted by Crippen LogP contribution is -2.13. The van der Waals surface area contributed by atoms with Crippen molar-refractivity contribution in [3.63, 3.8) is 0 Å². The van der Waals surface area contributed by atoms with Gasteiger partial charge in [0.15, 0.2) is 23.4 Å². The first-order chi connectivity index (χ1) is 14.3. The number of hydrogen-bond donors (Lipinski definition) is 1. The summed E-state index contributed by atoms with van der Waals surface area (Å²) in [5.74, 6) is 2.42. The third-order valence-corrected chi connectivity index (χ3v) is 5.57. The van der Waals surface area contributed by atoms with Crippen LogP contribution in [0.5, 0.6) is 5.88 Å². The molecule has 0 aliphatic heterocycles. The van der Waals surface area contributed by atoms with Crippen molar-refractivity contribution in [2.24, 2.45) is 0 Å². The highest BCUT2D eigenvalue weighted by Crippen LogP contribution is 2.38. The zero-order valence-electron chi connectivity index (χ0n) is 16.3. The Morgan fingerprint density at radius 2 is 1.93 bits per heavy atom. The van der Waals surface area contributed by atoms with Crippen LogP contribution in [0.4, 0.5) is 0 Å². The zero-order chi connectivity index (χ0) is 19.6. The quantitative estimate of drug-likeness (QED) is 0.552. The topological polar surface area (TPSA) is 93.9 Å². The predicted molar refractivity (Wildman–Crippen MR) is 107 cm³/mol. The molecule has 3 aromatic heterocycles. The predicted octanol–water partition coefficient (Wildman–Crippen LogP) is 4.10. The second-order valence-electron chi connectivity index (χ2n) is 7.53. The molecule has 1 unspecified atom stereocenters. The molecule has 8 nitrogen and oxygen atoms in total. The number of aromatic nitrogens is 7. The summed E-state index contributed by atoms with van der Waals surface area (Å²) in [7, 11) is 0. The van der Waals surface area contributed by atoms with Crippen LogP contribution in [-0.2, 0) is 0 Å². The molecule has 0 saturated heterocycles. The van der Waals surface area contributed by atoms with Crippen LogP contribution in [0.3, 0.4) is 0 Å². The van der Waals surface area contributed by atoms with Crippen molar-refractivity contribution in [2.75, 3.05) is 0 Å². The summed E-state index contributed by atoms with van der Waals surface area (Å²) in [5, 5.41) is 20.4. The maximum absolute atomic E-state index is 6.29. The largest absolute Gasteiger partial charge is 0.465 e. The van der Waals surface area contributed by atoms with Crippen molar-refractivity contribution in [3.8, 4) is 17.3 Å². The van der Waals surface area contributed by atoms with Crippen LogP contribution in [0.15, 0.2) is 42.7 Å². The maximum Gasteiger partial charge on any atom is 0.236 e. The van der Waals surface area contributed by atoms with Gasteiger partial charge in [0.2, 0.25) is 5.88 Å². The Balaban J connectivity index is 1.60. The van der Waals surface area contributed by atoms with Crippen LogP contribution in [-0.4, -0.2) is 35.0 Å². The van der Waals surface area contributed by atoms with Crippen LogP contribution in [0, 0.1) is 0 Å². The molecule has 1 aliphatic carbocycles. The zero-order valence-corrected chi connectivity index (χ0v) is 16.3. The number of aromatic amines is 1. The Morgan fingerprint density at radius 1 is 1.10 bits per heavy atom. The normalized spacial score (nSPS) is 16.2. The van der Waals surface area contributed by atoms with Crippen molar-refractivity contribution in [2.45, 2.75) is 51.0 Å². The summed E-state index contributed by atoms with van der Waals surface area (Å²) in [6.45, 7) is 1.95. The van der Waals surface area contributed by atoms with Gasteiger partial charge in [-0.3, -0.25) is 5.10 Å². The molecule has 1 aromatic carbocycles. The molecule has 3 heterocycles. The van der Waals surface area contributed by atoms with E-state index in [9.17, 15) is 0 Å². The van der Waals surface area contributed by atoms with E-state index in [4.69, 9.17) is 9.84 Å². The van der Waals surface area contributed by atoms with Crippen molar-refractivity contribution in [1.29, 1.82) is 0 Å². The van der Waals surface area contributed by atoms with Crippen LogP contribution < -0.4 is 4.74 Å². The van der Waals surface area contributed by atoms with Gasteiger partial charge in [-0.05, 0) is 31.7 Å². The number of fused-ring (bicyclic) bond motifs is 1. The van der Waals surface area contributed by atoms with Crippen molar-refractivity contribution in [3.05, 3.63) is 54.1 Å². The second-order valence-corrected chi connectivity index (χ2v) is 7.53. The molecule has 0 bridgehead atoms. The van der Waals surface area contributed by atoms with E-state index >= 15 is 0 Å². The van der Waals surface area contributed by atoms with Gasteiger partial charge >= 0.3 is 0 Å². The fourth-order valence-electron chi connectivity index (χ4n) is 4.03. The summed E-state index contributed by atoms with van der Waals surface area (Å²) in [6.07, 6.45) is 7.24. The summed E-state index contributed by atoms with van der Waals surface area (Å²) in [6, 6.07) is 12.0. The highest BCUT2D eigenvalue weighted by Gasteiger charge is 2.25. The lowest BCUT2D eigenvalue weighted by molar-refractivity contribution is 0.200. The minimum Gasteiger partial charge on any atom is -0.465 e. The molecule has 1 aliphatic rings. The number of hydrogen-bond acceptors (Lipinski definition) is 6. The van der Waals surface area contributed by atoms with Crippen LogP contribution >= 0.6 is 0 Å². The van der Waals surface area contributed by atoms with Gasteiger partial charge in [-0.25, -0.2) is 4.98 Å². The Labute approximate surface area is 168 Å². The van der Waals surface area contributed by atoms with Gasteiger partial charge in [0.05, 0.1) is 0 Å². The second kappa shape index (κ2) is 7.62. The molecule has 0 amide bonds. The Hall–Kier alpha value is -3.29. The molecule has 1 atom stereocenters. The summed E-state index contributed by atoms with van der Waals surface area (Å²) < 4.78 is 8.06. The Morgan fingerprint density at radius 3 is 2.69 bits per heavy atom. The van der Waals surface area contributed by atoms with E-state index in [0.717, 1.165) is 29.6 Å². The molecule has 5 rings (SSSR count). The SMILES string of the molecule is CC(Oc1nn2c(-c3ccccc3)nnc2cc1C1CCCCC1)c1ncn[nH]1. The van der Waals surface area contributed by atoms with Crippen molar-refractivity contribution >= 4 is 5.65 Å². The van der Waals surface area contributed by atoms with Crippen LogP contribution in [0.25, 0.3) is 17.0 Å². The number of nitrogens with one attached hydrogen (secondary N) is 1. The number of nitrogens with zero attached hydrogens (tertiary/aromatic N) is 6. The minimum absolute atomic E-state index is 0.290. The smallest absolute Gasteiger partial charge is 0.236 e. The summed E-state index contributed by atoms with van der Waals surface area (Å²) in [4.78, 5) is 4.22. The average Bonchev–Trinajstić information content (AvgIpc) is 3.44. The first kappa shape index (κ1) is 17.8. The van der Waals surface area contributed by atoms with E-state index in [1.807, 2.05) is 37.3 Å². The van der Waals surface area contributed by atoms with Gasteiger partial charge in [-0.1, -0.05) is 49.6 Å². The molecule has 29 heavy (non-hydrogen) atoms. The molecular formula is C21H23N7O. The first-order valence-corrected chi connectivity index (χ1v) is 10.1. The van der Waals surface area contributed by atoms with E-state index in [2.05, 4.69) is 31.4 Å². The molecule has 4 aromatic rings. The first-order valence-electron chi connectivity index (χ1n) is 10.1. The lowest BCUT2D eigenvalue weighted by atomic mass is 9.84. The highest BCUT2D eigenvalue weighted by atomic mass is 16.5. The minimum atomic E-state index is -0.290. The van der Waals surface area contributed by atoms with Gasteiger partial charge in [0.1, 0.15) is 6.33 Å². The molecule has 0 radical (unpaired) electrons. The molecule has 0 spiro atoms. The fraction of sp³-hybridized carbons (Fsp3) is 0.381. The summed E-state index contributed by atoms with van der Waals surface area (Å²) >= 11 is 0. The van der Waals surface area contributed by atoms with Gasteiger partial charge in [0.25, 0.3) is 0 Å². The van der Waals surface area contributed by atoms with Crippen LogP contribution in [0.2, 0.25) is 0 Å². The Kier molecular flexibility index (Phi) is 4.67. The Bertz CT molecular complexity index is 1090. The highest BCUT2D eigenvalue weighted by molar-refractivity contribution is 5.59. The van der Waals surface area contributed by atoms with Gasteiger partial charge in [-0.15, -0.1) is 15.3 Å². The van der Waals surface area contributed by atoms with Gasteiger partial charge in [-0.2, -0.15) is 9.61 Å². The molecular weight excluding hydrogens is 366 g/mol. The number of benzene rings is 1. The van der Waals surface area contributed by atoms with Crippen LogP contribution in [0.1, 0.15) is 62.4 Å². The summed E-state index contributed by atoms with van der Waals surface area (Å²) in [5.41, 5.74) is 2.81. The molecule has 1 fully saturated rings. The van der Waals surface area contributed by atoms with E-state index in [1.165, 1.54) is 25.6 Å². The molecule has 1 N–H and O–H groups in total. The number of ether oxygens (including phenoxy) is 1. The lowest BCUT2D eigenvalue weighted by Gasteiger charge is -2.24. The van der Waals surface area contributed by atoms with E-state index in [0.29, 0.717) is 23.4 Å². The van der Waals surface area contributed by atoms with Gasteiger partial charge < -0.3 is 4.74 Å². The van der Waals surface area contributed by atoms with E-state index < -0.39 is 0 Å². The number of H-pyrrole nitrogens is 1.